The van der Waals surface area contributed by atoms with Gasteiger partial charge in [-0.25, -0.2) is 0 Å². The van der Waals surface area contributed by atoms with Crippen molar-refractivity contribution in [2.75, 3.05) is 6.54 Å². The highest BCUT2D eigenvalue weighted by atomic mass is 16.5. The average molecular weight is 443 g/mol. The first kappa shape index (κ1) is 20.5. The van der Waals surface area contributed by atoms with Crippen molar-refractivity contribution < 1.29 is 14.6 Å². The lowest BCUT2D eigenvalue weighted by atomic mass is 9.73. The van der Waals surface area contributed by atoms with Gasteiger partial charge in [0.2, 0.25) is 0 Å². The lowest BCUT2D eigenvalue weighted by molar-refractivity contribution is -0.114. The number of nitrogens with one attached hydrogen (secondary N) is 1. The molecule has 2 N–H and O–H groups in total. The first-order valence-electron chi connectivity index (χ1n) is 12.0. The number of ketones is 1. The van der Waals surface area contributed by atoms with Gasteiger partial charge in [-0.1, -0.05) is 37.3 Å². The molecule has 2 aliphatic heterocycles. The third kappa shape index (κ3) is 3.29. The van der Waals surface area contributed by atoms with E-state index in [4.69, 9.17) is 4.74 Å². The van der Waals surface area contributed by atoms with E-state index in [1.165, 1.54) is 16.6 Å². The number of hydrogen-bond acceptors (Lipinski definition) is 4. The zero-order valence-corrected chi connectivity index (χ0v) is 19.1. The number of aliphatic hydroxyl groups excluding tert-OH is 1. The van der Waals surface area contributed by atoms with Gasteiger partial charge < -0.3 is 19.7 Å². The van der Waals surface area contributed by atoms with Gasteiger partial charge in [0.1, 0.15) is 12.4 Å². The van der Waals surface area contributed by atoms with Crippen molar-refractivity contribution in [2.24, 2.45) is 17.8 Å². The summed E-state index contributed by atoms with van der Waals surface area (Å²) in [5.74, 6) is 1.50. The van der Waals surface area contributed by atoms with E-state index in [2.05, 4.69) is 47.3 Å². The summed E-state index contributed by atoms with van der Waals surface area (Å²) in [5, 5.41) is 11.9. The first-order valence-corrected chi connectivity index (χ1v) is 12.0. The van der Waals surface area contributed by atoms with Gasteiger partial charge in [-0.3, -0.25) is 4.79 Å². The Morgan fingerprint density at radius 3 is 2.82 bits per heavy atom. The van der Waals surface area contributed by atoms with Gasteiger partial charge in [0, 0.05) is 34.9 Å². The SMILES string of the molecule is CC(=O)C1=CN2CCc3c([nH]c4ccc(OCc5ccccc5)cc34)[C@@H]2[C@@H]2[C@@H](C)[C@@H](O)C[C@H]12. The van der Waals surface area contributed by atoms with E-state index in [0.717, 1.165) is 35.4 Å². The van der Waals surface area contributed by atoms with E-state index in [1.54, 1.807) is 6.92 Å². The number of aromatic nitrogens is 1. The molecule has 5 heteroatoms. The number of Topliss-reactive ketones (excluding diaryl/α,β-unsaturated/α-hetero) is 1. The van der Waals surface area contributed by atoms with E-state index < -0.39 is 0 Å². The van der Waals surface area contributed by atoms with Gasteiger partial charge in [-0.2, -0.15) is 0 Å². The Morgan fingerprint density at radius 2 is 2.03 bits per heavy atom. The summed E-state index contributed by atoms with van der Waals surface area (Å²) in [4.78, 5) is 18.5. The third-order valence-corrected chi connectivity index (χ3v) is 8.08. The number of aliphatic hydroxyl groups is 1. The number of fused-ring (bicyclic) bond motifs is 7. The first-order chi connectivity index (χ1) is 16.0. The van der Waals surface area contributed by atoms with E-state index in [9.17, 15) is 9.90 Å². The van der Waals surface area contributed by atoms with Gasteiger partial charge in [0.15, 0.2) is 5.78 Å². The van der Waals surface area contributed by atoms with E-state index in [-0.39, 0.29) is 35.7 Å². The number of allylic oxidation sites excluding steroid dienone is 1. The maximum absolute atomic E-state index is 12.4. The van der Waals surface area contributed by atoms with Crippen LogP contribution in [0.15, 0.2) is 60.3 Å². The highest BCUT2D eigenvalue weighted by molar-refractivity contribution is 5.94. The van der Waals surface area contributed by atoms with Crippen molar-refractivity contribution in [1.29, 1.82) is 0 Å². The number of aromatic amines is 1. The minimum atomic E-state index is -0.365. The molecule has 1 saturated carbocycles. The second-order valence-corrected chi connectivity index (χ2v) is 9.92. The zero-order chi connectivity index (χ0) is 22.7. The highest BCUT2D eigenvalue weighted by Crippen LogP contribution is 2.54. The quantitative estimate of drug-likeness (QED) is 0.611. The number of carbonyl (C=O) groups is 1. The molecule has 0 unspecified atom stereocenters. The summed E-state index contributed by atoms with van der Waals surface area (Å²) >= 11 is 0. The Kier molecular flexibility index (Phi) is 4.84. The molecular formula is C28H30N2O3. The molecule has 0 amide bonds. The number of carbonyl (C=O) groups excluding carboxylic acids is 1. The third-order valence-electron chi connectivity index (χ3n) is 8.08. The fraction of sp³-hybridized carbons (Fsp3) is 0.393. The van der Waals surface area contributed by atoms with Crippen LogP contribution in [-0.4, -0.2) is 33.4 Å². The summed E-state index contributed by atoms with van der Waals surface area (Å²) in [6.45, 7) is 5.23. The largest absolute Gasteiger partial charge is 0.489 e. The van der Waals surface area contributed by atoms with Crippen LogP contribution in [0.4, 0.5) is 0 Å². The van der Waals surface area contributed by atoms with Crippen LogP contribution in [-0.2, 0) is 17.8 Å². The number of benzene rings is 2. The molecule has 170 valence electrons. The van der Waals surface area contributed by atoms with Crippen LogP contribution in [0.3, 0.4) is 0 Å². The molecule has 3 aromatic rings. The van der Waals surface area contributed by atoms with Crippen molar-refractivity contribution >= 4 is 16.7 Å². The summed E-state index contributed by atoms with van der Waals surface area (Å²) in [6.07, 6.45) is 3.32. The Labute approximate surface area is 194 Å². The van der Waals surface area contributed by atoms with Crippen LogP contribution in [0.5, 0.6) is 5.75 Å². The lowest BCUT2D eigenvalue weighted by Crippen LogP contribution is -2.44. The second-order valence-electron chi connectivity index (χ2n) is 9.92. The molecule has 1 aromatic heterocycles. The van der Waals surface area contributed by atoms with Gasteiger partial charge >= 0.3 is 0 Å². The highest BCUT2D eigenvalue weighted by Gasteiger charge is 2.52. The fourth-order valence-electron chi connectivity index (χ4n) is 6.43. The number of ether oxygens (including phenoxy) is 1. The number of H-pyrrole nitrogens is 1. The fourth-order valence-corrected chi connectivity index (χ4v) is 6.43. The maximum Gasteiger partial charge on any atom is 0.157 e. The number of hydrogen-bond donors (Lipinski definition) is 2. The van der Waals surface area contributed by atoms with Crippen molar-refractivity contribution in [3.8, 4) is 5.75 Å². The molecule has 5 nitrogen and oxygen atoms in total. The average Bonchev–Trinajstić information content (AvgIpc) is 3.34. The Bertz CT molecular complexity index is 1240. The lowest BCUT2D eigenvalue weighted by Gasteiger charge is -2.46. The van der Waals surface area contributed by atoms with Crippen LogP contribution in [0.2, 0.25) is 0 Å². The summed E-state index contributed by atoms with van der Waals surface area (Å²) in [7, 11) is 0. The molecule has 3 aliphatic rings. The molecule has 1 aliphatic carbocycles. The van der Waals surface area contributed by atoms with Crippen LogP contribution < -0.4 is 4.74 Å². The molecule has 0 bridgehead atoms. The van der Waals surface area contributed by atoms with Crippen molar-refractivity contribution in [2.45, 2.75) is 45.4 Å². The summed E-state index contributed by atoms with van der Waals surface area (Å²) < 4.78 is 6.10. The minimum absolute atomic E-state index is 0.121. The topological polar surface area (TPSA) is 65.6 Å². The van der Waals surface area contributed by atoms with Gasteiger partial charge in [-0.15, -0.1) is 0 Å². The Hall–Kier alpha value is -3.05. The minimum Gasteiger partial charge on any atom is -0.489 e. The van der Waals surface area contributed by atoms with Crippen LogP contribution in [0.25, 0.3) is 10.9 Å². The molecule has 6 rings (SSSR count). The van der Waals surface area contributed by atoms with Crippen LogP contribution in [0.1, 0.15) is 43.1 Å². The maximum atomic E-state index is 12.4. The molecule has 2 aromatic carbocycles. The standard InChI is InChI=1S/C28H30N2O3/c1-16-25(32)13-22-23(17(2)31)14-30-11-10-20-21-12-19(33-15-18-6-4-3-5-7-18)8-9-24(21)29-27(20)28(30)26(16)22/h3-9,12,14,16,22,25-26,28-29,32H,10-11,13,15H2,1-2H3/t16-,22+,25-,26+,28-/m0/s1. The molecule has 1 fully saturated rings. The Morgan fingerprint density at radius 1 is 1.21 bits per heavy atom. The molecule has 0 saturated heterocycles. The van der Waals surface area contributed by atoms with Crippen molar-refractivity contribution in [3.63, 3.8) is 0 Å². The number of rotatable bonds is 4. The molecule has 33 heavy (non-hydrogen) atoms. The van der Waals surface area contributed by atoms with Gasteiger partial charge in [-0.05, 0) is 66.8 Å². The van der Waals surface area contributed by atoms with E-state index >= 15 is 0 Å². The zero-order valence-electron chi connectivity index (χ0n) is 19.1. The predicted octanol–water partition coefficient (Wildman–Crippen LogP) is 4.77. The van der Waals surface area contributed by atoms with E-state index in [1.807, 2.05) is 24.3 Å². The van der Waals surface area contributed by atoms with Crippen LogP contribution >= 0.6 is 0 Å². The summed E-state index contributed by atoms with van der Waals surface area (Å²) in [5.41, 5.74) is 5.75. The molecule has 3 heterocycles. The van der Waals surface area contributed by atoms with Crippen molar-refractivity contribution in [3.05, 3.63) is 77.1 Å². The van der Waals surface area contributed by atoms with Gasteiger partial charge in [0.05, 0.1) is 12.1 Å². The van der Waals surface area contributed by atoms with Gasteiger partial charge in [0.25, 0.3) is 0 Å². The molecule has 5 atom stereocenters. The smallest absolute Gasteiger partial charge is 0.157 e. The number of nitrogens with zero attached hydrogens (tertiary/aromatic N) is 1. The second kappa shape index (κ2) is 7.77. The van der Waals surface area contributed by atoms with Crippen molar-refractivity contribution in [1.82, 2.24) is 9.88 Å². The predicted molar refractivity (Wildman–Crippen MR) is 128 cm³/mol. The normalized spacial score (nSPS) is 28.2. The monoisotopic (exact) mass is 442 g/mol. The molecular weight excluding hydrogens is 412 g/mol. The molecule has 0 radical (unpaired) electrons. The van der Waals surface area contributed by atoms with E-state index in [0.29, 0.717) is 13.0 Å². The summed E-state index contributed by atoms with van der Waals surface area (Å²) in [6, 6.07) is 16.7. The Balaban J connectivity index is 1.37. The molecule has 0 spiro atoms. The van der Waals surface area contributed by atoms with Crippen LogP contribution in [0, 0.1) is 17.8 Å².